The summed E-state index contributed by atoms with van der Waals surface area (Å²) in [5, 5.41) is 9.00. The predicted octanol–water partition coefficient (Wildman–Crippen LogP) is 1.56. The van der Waals surface area contributed by atoms with Gasteiger partial charge in [-0.15, -0.1) is 0 Å². The van der Waals surface area contributed by atoms with Crippen molar-refractivity contribution in [1.82, 2.24) is 0 Å². The Balaban J connectivity index is 2.20. The van der Waals surface area contributed by atoms with Gasteiger partial charge < -0.3 is 9.84 Å². The summed E-state index contributed by atoms with van der Waals surface area (Å²) in [5.74, 6) is -0.771. The van der Waals surface area contributed by atoms with Crippen molar-refractivity contribution in [2.75, 3.05) is 0 Å². The normalized spacial score (nSPS) is 37.1. The van der Waals surface area contributed by atoms with Gasteiger partial charge in [0.15, 0.2) is 5.60 Å². The Morgan fingerprint density at radius 1 is 1.50 bits per heavy atom. The second kappa shape index (κ2) is 2.22. The van der Waals surface area contributed by atoms with Crippen molar-refractivity contribution in [3.05, 3.63) is 0 Å². The molecule has 12 heavy (non-hydrogen) atoms. The number of carboxylic acid groups (broad SMARTS) is 1. The summed E-state index contributed by atoms with van der Waals surface area (Å²) in [7, 11) is 0. The molecule has 2 rings (SSSR count). The van der Waals surface area contributed by atoms with Gasteiger partial charge in [0.1, 0.15) is 5.60 Å². The molecule has 0 aromatic carbocycles. The van der Waals surface area contributed by atoms with Crippen LogP contribution in [0.25, 0.3) is 0 Å². The van der Waals surface area contributed by atoms with Gasteiger partial charge >= 0.3 is 5.97 Å². The van der Waals surface area contributed by atoms with E-state index in [-0.39, 0.29) is 5.60 Å². The Hall–Kier alpha value is -0.570. The topological polar surface area (TPSA) is 49.8 Å². The van der Waals surface area contributed by atoms with Gasteiger partial charge in [0, 0.05) is 0 Å². The first-order valence-corrected chi connectivity index (χ1v) is 4.60. The summed E-state index contributed by atoms with van der Waals surface area (Å²) < 4.78 is 5.46. The molecule has 1 atom stereocenters. The first-order valence-electron chi connectivity index (χ1n) is 4.60. The van der Waals surface area contributed by atoms with Crippen LogP contribution >= 0.6 is 0 Å². The third-order valence-corrected chi connectivity index (χ3v) is 3.32. The molecule has 1 saturated heterocycles. The molecule has 1 heterocycles. The lowest BCUT2D eigenvalue weighted by Crippen LogP contribution is -2.31. The van der Waals surface area contributed by atoms with E-state index >= 15 is 0 Å². The minimum Gasteiger partial charge on any atom is -0.479 e. The number of hydrogen-bond donors (Lipinski definition) is 1. The Morgan fingerprint density at radius 3 is 2.42 bits per heavy atom. The molecule has 0 aromatic rings. The highest BCUT2D eigenvalue weighted by molar-refractivity contribution is 5.83. The van der Waals surface area contributed by atoms with Crippen LogP contribution in [0, 0.1) is 0 Å². The standard InChI is InChI=1S/C9H14O3/c1-2-9(7(10)11)8(12-9)5-3-4-6-8/h2-6H2,1H3,(H,10,11). The summed E-state index contributed by atoms with van der Waals surface area (Å²) in [6.45, 7) is 1.89. The third kappa shape index (κ3) is 0.724. The van der Waals surface area contributed by atoms with Crippen LogP contribution in [0.15, 0.2) is 0 Å². The zero-order chi connectivity index (χ0) is 8.82. The van der Waals surface area contributed by atoms with Crippen molar-refractivity contribution >= 4 is 5.97 Å². The maximum atomic E-state index is 11.0. The van der Waals surface area contributed by atoms with Crippen LogP contribution in [0.3, 0.4) is 0 Å². The Morgan fingerprint density at radius 2 is 2.08 bits per heavy atom. The van der Waals surface area contributed by atoms with E-state index in [2.05, 4.69) is 0 Å². The van der Waals surface area contributed by atoms with Crippen molar-refractivity contribution in [3.63, 3.8) is 0 Å². The highest BCUT2D eigenvalue weighted by Gasteiger charge is 2.74. The van der Waals surface area contributed by atoms with Crippen LogP contribution in [0.4, 0.5) is 0 Å². The summed E-state index contributed by atoms with van der Waals surface area (Å²) in [5.41, 5.74) is -1.09. The highest BCUT2D eigenvalue weighted by atomic mass is 16.7. The molecule has 0 radical (unpaired) electrons. The summed E-state index contributed by atoms with van der Waals surface area (Å²) in [6.07, 6.45) is 4.71. The van der Waals surface area contributed by atoms with Crippen LogP contribution in [0.2, 0.25) is 0 Å². The van der Waals surface area contributed by atoms with E-state index in [4.69, 9.17) is 9.84 Å². The van der Waals surface area contributed by atoms with E-state index in [0.29, 0.717) is 6.42 Å². The smallest absolute Gasteiger partial charge is 0.339 e. The van der Waals surface area contributed by atoms with Crippen LogP contribution in [0.5, 0.6) is 0 Å². The van der Waals surface area contributed by atoms with Crippen molar-refractivity contribution < 1.29 is 14.6 Å². The first-order chi connectivity index (χ1) is 5.67. The molecule has 0 bridgehead atoms. The zero-order valence-corrected chi connectivity index (χ0v) is 7.30. The number of carboxylic acids is 1. The van der Waals surface area contributed by atoms with Gasteiger partial charge in [-0.3, -0.25) is 0 Å². The van der Waals surface area contributed by atoms with Crippen molar-refractivity contribution in [2.24, 2.45) is 0 Å². The Labute approximate surface area is 71.7 Å². The molecule has 1 saturated carbocycles. The number of epoxide rings is 1. The number of carbonyl (C=O) groups is 1. The average molecular weight is 170 g/mol. The molecule has 0 amide bonds. The lowest BCUT2D eigenvalue weighted by molar-refractivity contribution is -0.143. The van der Waals surface area contributed by atoms with Crippen LogP contribution in [-0.4, -0.2) is 22.3 Å². The van der Waals surface area contributed by atoms with E-state index in [0.717, 1.165) is 25.7 Å². The number of hydrogen-bond acceptors (Lipinski definition) is 2. The van der Waals surface area contributed by atoms with E-state index in [1.54, 1.807) is 0 Å². The minimum absolute atomic E-state index is 0.270. The molecule has 1 unspecified atom stereocenters. The lowest BCUT2D eigenvalue weighted by Gasteiger charge is -2.08. The van der Waals surface area contributed by atoms with Gasteiger partial charge in [-0.05, 0) is 19.3 Å². The zero-order valence-electron chi connectivity index (χ0n) is 7.30. The van der Waals surface area contributed by atoms with Crippen molar-refractivity contribution in [2.45, 2.75) is 50.2 Å². The Bertz CT molecular complexity index is 218. The SMILES string of the molecule is CCC1(C(=O)O)OC12CCCC2. The molecule has 3 nitrogen and oxygen atoms in total. The molecular formula is C9H14O3. The van der Waals surface area contributed by atoms with Gasteiger partial charge in [0.25, 0.3) is 0 Å². The number of ether oxygens (including phenoxy) is 1. The summed E-state index contributed by atoms with van der Waals surface area (Å²) >= 11 is 0. The van der Waals surface area contributed by atoms with Crippen molar-refractivity contribution in [1.29, 1.82) is 0 Å². The highest BCUT2D eigenvalue weighted by Crippen LogP contribution is 2.59. The largest absolute Gasteiger partial charge is 0.479 e. The van der Waals surface area contributed by atoms with Crippen LogP contribution in [-0.2, 0) is 9.53 Å². The van der Waals surface area contributed by atoms with Gasteiger partial charge in [-0.2, -0.15) is 0 Å². The molecule has 68 valence electrons. The molecule has 1 spiro atoms. The fourth-order valence-corrected chi connectivity index (χ4v) is 2.54. The van der Waals surface area contributed by atoms with Crippen LogP contribution in [0.1, 0.15) is 39.0 Å². The van der Waals surface area contributed by atoms with E-state index in [1.807, 2.05) is 6.92 Å². The summed E-state index contributed by atoms with van der Waals surface area (Å²) in [4.78, 5) is 11.0. The maximum absolute atomic E-state index is 11.0. The Kier molecular flexibility index (Phi) is 1.49. The lowest BCUT2D eigenvalue weighted by atomic mass is 9.89. The van der Waals surface area contributed by atoms with E-state index in [9.17, 15) is 4.79 Å². The third-order valence-electron chi connectivity index (χ3n) is 3.32. The van der Waals surface area contributed by atoms with Crippen molar-refractivity contribution in [3.8, 4) is 0 Å². The summed E-state index contributed by atoms with van der Waals surface area (Å²) in [6, 6.07) is 0. The second-order valence-corrected chi connectivity index (χ2v) is 3.79. The first kappa shape index (κ1) is 8.05. The quantitative estimate of drug-likeness (QED) is 0.640. The maximum Gasteiger partial charge on any atom is 0.339 e. The molecule has 2 fully saturated rings. The van der Waals surface area contributed by atoms with Crippen LogP contribution < -0.4 is 0 Å². The molecular weight excluding hydrogens is 156 g/mol. The fourth-order valence-electron chi connectivity index (χ4n) is 2.54. The minimum atomic E-state index is -0.816. The van der Waals surface area contributed by atoms with Gasteiger partial charge in [0.05, 0.1) is 0 Å². The molecule has 1 N–H and O–H groups in total. The number of aliphatic carboxylic acids is 1. The predicted molar refractivity (Wildman–Crippen MR) is 42.9 cm³/mol. The fraction of sp³-hybridized carbons (Fsp3) is 0.889. The molecule has 1 aliphatic heterocycles. The number of rotatable bonds is 2. The average Bonchev–Trinajstić information content (AvgIpc) is 2.40. The van der Waals surface area contributed by atoms with Gasteiger partial charge in [0.2, 0.25) is 0 Å². The molecule has 0 aromatic heterocycles. The van der Waals surface area contributed by atoms with E-state index in [1.165, 1.54) is 0 Å². The molecule has 2 aliphatic rings. The van der Waals surface area contributed by atoms with Gasteiger partial charge in [-0.1, -0.05) is 19.8 Å². The van der Waals surface area contributed by atoms with E-state index < -0.39 is 11.6 Å². The molecule has 1 aliphatic carbocycles. The monoisotopic (exact) mass is 170 g/mol. The second-order valence-electron chi connectivity index (χ2n) is 3.79. The molecule has 3 heteroatoms. The van der Waals surface area contributed by atoms with Gasteiger partial charge in [-0.25, -0.2) is 4.79 Å².